The van der Waals surface area contributed by atoms with Gasteiger partial charge in [-0.15, -0.1) is 0 Å². The molecule has 0 heterocycles. The molecule has 0 rings (SSSR count). The van der Waals surface area contributed by atoms with Crippen molar-refractivity contribution in [3.05, 3.63) is 36.7 Å². The van der Waals surface area contributed by atoms with Gasteiger partial charge in [0.05, 0.1) is 13.5 Å². The van der Waals surface area contributed by atoms with Crippen molar-refractivity contribution < 1.29 is 13.9 Å². The van der Waals surface area contributed by atoms with Crippen molar-refractivity contribution in [2.24, 2.45) is 0 Å². The first-order valence-corrected chi connectivity index (χ1v) is 4.36. The summed E-state index contributed by atoms with van der Waals surface area (Å²) in [6.07, 6.45) is 2.19. The van der Waals surface area contributed by atoms with Crippen molar-refractivity contribution in [2.45, 2.75) is 20.3 Å². The fourth-order valence-corrected chi connectivity index (χ4v) is 0.613. The molecule has 0 aliphatic carbocycles. The molecule has 0 saturated heterocycles. The lowest BCUT2D eigenvalue weighted by Crippen LogP contribution is -2.01. The average molecular weight is 200 g/mol. The Morgan fingerprint density at radius 1 is 1.36 bits per heavy atom. The van der Waals surface area contributed by atoms with Crippen LogP contribution in [0, 0.1) is 0 Å². The van der Waals surface area contributed by atoms with E-state index in [2.05, 4.69) is 17.9 Å². The lowest BCUT2D eigenvalue weighted by atomic mass is 10.1. The van der Waals surface area contributed by atoms with Crippen LogP contribution in [0.15, 0.2) is 36.7 Å². The highest BCUT2D eigenvalue weighted by Crippen LogP contribution is 2.12. The minimum Gasteiger partial charge on any atom is -0.469 e. The van der Waals surface area contributed by atoms with E-state index in [9.17, 15) is 9.18 Å². The molecule has 2 nitrogen and oxygen atoms in total. The molecule has 0 amide bonds. The summed E-state index contributed by atoms with van der Waals surface area (Å²) >= 11 is 0. The molecule has 0 spiro atoms. The Kier molecular flexibility index (Phi) is 10.5. The van der Waals surface area contributed by atoms with E-state index in [1.54, 1.807) is 0 Å². The lowest BCUT2D eigenvalue weighted by molar-refractivity contribution is -0.139. The Hall–Kier alpha value is -1.38. The summed E-state index contributed by atoms with van der Waals surface area (Å²) in [7, 11) is 1.24. The standard InChI is InChI=1S/C9H11FO2.C2H6/c1-4-7(8(10)5-2)6-9(11)12-3;1-2/h4-5H,1-2,6H2,3H3;1-2H3/b8-7-;. The first kappa shape index (κ1) is 15.1. The Morgan fingerprint density at radius 3 is 2.14 bits per heavy atom. The molecule has 3 heteroatoms. The number of hydrogen-bond donors (Lipinski definition) is 0. The number of ether oxygens (including phenoxy) is 1. The molecule has 14 heavy (non-hydrogen) atoms. The molecule has 0 aliphatic rings. The minimum atomic E-state index is -0.546. The van der Waals surface area contributed by atoms with Gasteiger partial charge in [0, 0.05) is 0 Å². The lowest BCUT2D eigenvalue weighted by Gasteiger charge is -2.00. The van der Waals surface area contributed by atoms with Gasteiger partial charge in [0.1, 0.15) is 5.83 Å². The summed E-state index contributed by atoms with van der Waals surface area (Å²) in [6, 6.07) is 0. The van der Waals surface area contributed by atoms with Crippen molar-refractivity contribution >= 4 is 5.97 Å². The first-order valence-electron chi connectivity index (χ1n) is 4.36. The molecule has 0 saturated carbocycles. The second kappa shape index (κ2) is 9.71. The number of esters is 1. The summed E-state index contributed by atoms with van der Waals surface area (Å²) in [5.74, 6) is -1.04. The Labute approximate surface area is 84.8 Å². The van der Waals surface area contributed by atoms with Gasteiger partial charge in [-0.3, -0.25) is 4.79 Å². The van der Waals surface area contributed by atoms with Gasteiger partial charge < -0.3 is 4.74 Å². The Bertz CT molecular complexity index is 229. The summed E-state index contributed by atoms with van der Waals surface area (Å²) < 4.78 is 17.1. The number of carbonyl (C=O) groups is 1. The molecule has 0 aliphatic heterocycles. The van der Waals surface area contributed by atoms with Crippen molar-refractivity contribution in [3.8, 4) is 0 Å². The third kappa shape index (κ3) is 6.17. The monoisotopic (exact) mass is 200 g/mol. The molecule has 0 radical (unpaired) electrons. The SMILES string of the molecule is C=C/C(F)=C(\C=C)CC(=O)OC.CC. The summed E-state index contributed by atoms with van der Waals surface area (Å²) in [4.78, 5) is 10.7. The molecule has 0 fully saturated rings. The fraction of sp³-hybridized carbons (Fsp3) is 0.364. The van der Waals surface area contributed by atoms with Gasteiger partial charge in [-0.05, 0) is 11.6 Å². The number of halogens is 1. The number of allylic oxidation sites excluding steroid dienone is 3. The highest BCUT2D eigenvalue weighted by Gasteiger charge is 2.06. The van der Waals surface area contributed by atoms with E-state index < -0.39 is 11.8 Å². The highest BCUT2D eigenvalue weighted by molar-refractivity contribution is 5.73. The maximum Gasteiger partial charge on any atom is 0.310 e. The van der Waals surface area contributed by atoms with Crippen molar-refractivity contribution in [1.29, 1.82) is 0 Å². The fourth-order valence-electron chi connectivity index (χ4n) is 0.613. The van der Waals surface area contributed by atoms with Crippen LogP contribution in [-0.4, -0.2) is 13.1 Å². The minimum absolute atomic E-state index is 0.113. The molecular weight excluding hydrogens is 183 g/mol. The number of carbonyl (C=O) groups excluding carboxylic acids is 1. The normalized spacial score (nSPS) is 10.3. The molecule has 0 aromatic heterocycles. The van der Waals surface area contributed by atoms with Gasteiger partial charge in [-0.1, -0.05) is 33.1 Å². The van der Waals surface area contributed by atoms with Crippen LogP contribution in [0.2, 0.25) is 0 Å². The van der Waals surface area contributed by atoms with Crippen LogP contribution in [0.4, 0.5) is 4.39 Å². The van der Waals surface area contributed by atoms with Crippen LogP contribution in [0.5, 0.6) is 0 Å². The van der Waals surface area contributed by atoms with E-state index in [0.29, 0.717) is 0 Å². The summed E-state index contributed by atoms with van der Waals surface area (Å²) in [6.45, 7) is 10.6. The van der Waals surface area contributed by atoms with E-state index in [0.717, 1.165) is 6.08 Å². The van der Waals surface area contributed by atoms with Crippen molar-refractivity contribution in [2.75, 3.05) is 7.11 Å². The summed E-state index contributed by atoms with van der Waals surface area (Å²) in [5.41, 5.74) is 0.192. The zero-order valence-electron chi connectivity index (χ0n) is 8.97. The average Bonchev–Trinajstić information content (AvgIpc) is 2.27. The zero-order valence-corrected chi connectivity index (χ0v) is 8.97. The second-order valence-corrected chi connectivity index (χ2v) is 2.03. The van der Waals surface area contributed by atoms with Gasteiger partial charge in [-0.2, -0.15) is 0 Å². The van der Waals surface area contributed by atoms with E-state index in [-0.39, 0.29) is 12.0 Å². The van der Waals surface area contributed by atoms with Gasteiger partial charge in [-0.25, -0.2) is 4.39 Å². The number of hydrogen-bond acceptors (Lipinski definition) is 2. The molecular formula is C11H17FO2. The largest absolute Gasteiger partial charge is 0.469 e. The quantitative estimate of drug-likeness (QED) is 0.514. The third-order valence-corrected chi connectivity index (χ3v) is 1.29. The number of methoxy groups -OCH3 is 1. The van der Waals surface area contributed by atoms with Gasteiger partial charge >= 0.3 is 5.97 Å². The zero-order chi connectivity index (χ0) is 11.6. The van der Waals surface area contributed by atoms with E-state index >= 15 is 0 Å². The first-order chi connectivity index (χ1) is 6.65. The highest BCUT2D eigenvalue weighted by atomic mass is 19.1. The molecule has 80 valence electrons. The second-order valence-electron chi connectivity index (χ2n) is 2.03. The van der Waals surface area contributed by atoms with Crippen LogP contribution >= 0.6 is 0 Å². The smallest absolute Gasteiger partial charge is 0.310 e. The Balaban J connectivity index is 0. The van der Waals surface area contributed by atoms with E-state index in [4.69, 9.17) is 0 Å². The third-order valence-electron chi connectivity index (χ3n) is 1.29. The van der Waals surface area contributed by atoms with Crippen LogP contribution in [-0.2, 0) is 9.53 Å². The van der Waals surface area contributed by atoms with Crippen LogP contribution in [0.3, 0.4) is 0 Å². The van der Waals surface area contributed by atoms with Gasteiger partial charge in [0.15, 0.2) is 0 Å². The summed E-state index contributed by atoms with van der Waals surface area (Å²) in [5, 5.41) is 0. The van der Waals surface area contributed by atoms with Crippen molar-refractivity contribution in [1.82, 2.24) is 0 Å². The Morgan fingerprint density at radius 2 is 1.86 bits per heavy atom. The molecule has 0 atom stereocenters. The predicted molar refractivity (Wildman–Crippen MR) is 56.5 cm³/mol. The molecule has 0 aromatic carbocycles. The van der Waals surface area contributed by atoms with Gasteiger partial charge in [0.25, 0.3) is 0 Å². The van der Waals surface area contributed by atoms with Crippen LogP contribution in [0.25, 0.3) is 0 Å². The maximum absolute atomic E-state index is 12.8. The molecule has 0 aromatic rings. The van der Waals surface area contributed by atoms with Crippen LogP contribution in [0.1, 0.15) is 20.3 Å². The van der Waals surface area contributed by atoms with Crippen LogP contribution < -0.4 is 0 Å². The van der Waals surface area contributed by atoms with Gasteiger partial charge in [0.2, 0.25) is 0 Å². The molecule has 0 N–H and O–H groups in total. The van der Waals surface area contributed by atoms with E-state index in [1.165, 1.54) is 13.2 Å². The van der Waals surface area contributed by atoms with Crippen molar-refractivity contribution in [3.63, 3.8) is 0 Å². The molecule has 0 bridgehead atoms. The topological polar surface area (TPSA) is 26.3 Å². The van der Waals surface area contributed by atoms with E-state index in [1.807, 2.05) is 13.8 Å². The predicted octanol–water partition coefficient (Wildman–Crippen LogP) is 3.17. The number of rotatable bonds is 4. The maximum atomic E-state index is 12.8. The molecule has 0 unspecified atom stereocenters.